The Kier molecular flexibility index (Phi) is 5.12. The van der Waals surface area contributed by atoms with E-state index < -0.39 is 5.41 Å². The fourth-order valence-corrected chi connectivity index (χ4v) is 4.73. The number of piperidine rings is 1. The van der Waals surface area contributed by atoms with Crippen LogP contribution in [-0.2, 0) is 11.3 Å². The zero-order valence-electron chi connectivity index (χ0n) is 17.5. The standard InChI is InChI=1S/C24H27FN4O2/c25-19-7-3-17(4-8-19)16-29-12-2-1-9-24(23(29)31)10-13-28(14-11-24)22(30)21-15-20(26-27-21)18-5-6-18/h1-4,7-8,15,18H,5-6,9-14,16H2,(H,26,27). The van der Waals surface area contributed by atoms with E-state index in [1.165, 1.54) is 12.1 Å². The average molecular weight is 423 g/mol. The summed E-state index contributed by atoms with van der Waals surface area (Å²) < 4.78 is 13.2. The minimum atomic E-state index is -0.478. The first-order chi connectivity index (χ1) is 15.0. The quantitative estimate of drug-likeness (QED) is 0.765. The molecular formula is C24H27FN4O2. The summed E-state index contributed by atoms with van der Waals surface area (Å²) in [5.74, 6) is 0.323. The number of nitrogens with zero attached hydrogens (tertiary/aromatic N) is 3. The number of allylic oxidation sites excluding steroid dienone is 1. The van der Waals surface area contributed by atoms with E-state index in [2.05, 4.69) is 16.3 Å². The summed E-state index contributed by atoms with van der Waals surface area (Å²) >= 11 is 0. The van der Waals surface area contributed by atoms with E-state index in [4.69, 9.17) is 0 Å². The molecule has 0 bridgehead atoms. The maximum Gasteiger partial charge on any atom is 0.274 e. The summed E-state index contributed by atoms with van der Waals surface area (Å²) in [7, 11) is 0. The van der Waals surface area contributed by atoms with Gasteiger partial charge < -0.3 is 9.80 Å². The third-order valence-electron chi connectivity index (χ3n) is 6.87. The molecule has 7 heteroatoms. The maximum atomic E-state index is 13.5. The van der Waals surface area contributed by atoms with Crippen LogP contribution in [0.5, 0.6) is 0 Å². The molecule has 0 unspecified atom stereocenters. The summed E-state index contributed by atoms with van der Waals surface area (Å²) in [6.45, 7) is 2.12. The lowest BCUT2D eigenvalue weighted by molar-refractivity contribution is -0.144. The fourth-order valence-electron chi connectivity index (χ4n) is 4.73. The van der Waals surface area contributed by atoms with E-state index >= 15 is 0 Å². The van der Waals surface area contributed by atoms with Crippen LogP contribution in [0.15, 0.2) is 42.5 Å². The van der Waals surface area contributed by atoms with Gasteiger partial charge in [0.25, 0.3) is 5.91 Å². The molecule has 1 aliphatic carbocycles. The molecule has 31 heavy (non-hydrogen) atoms. The lowest BCUT2D eigenvalue weighted by atomic mass is 9.74. The van der Waals surface area contributed by atoms with Crippen LogP contribution in [0.2, 0.25) is 0 Å². The van der Waals surface area contributed by atoms with E-state index in [0.29, 0.717) is 57.1 Å². The average Bonchev–Trinajstić information content (AvgIpc) is 3.55. The van der Waals surface area contributed by atoms with Crippen molar-refractivity contribution in [1.29, 1.82) is 0 Å². The lowest BCUT2D eigenvalue weighted by Crippen LogP contribution is -2.50. The van der Waals surface area contributed by atoms with E-state index in [1.807, 2.05) is 21.9 Å². The number of hydrogen-bond acceptors (Lipinski definition) is 3. The summed E-state index contributed by atoms with van der Waals surface area (Å²) in [5.41, 5.74) is 1.97. The molecule has 2 fully saturated rings. The van der Waals surface area contributed by atoms with Gasteiger partial charge in [-0.05, 0) is 55.9 Å². The number of aromatic nitrogens is 2. The molecule has 1 saturated carbocycles. The van der Waals surface area contributed by atoms with Crippen molar-refractivity contribution < 1.29 is 14.0 Å². The number of carbonyl (C=O) groups excluding carboxylic acids is 2. The van der Waals surface area contributed by atoms with Crippen molar-refractivity contribution in [1.82, 2.24) is 20.0 Å². The van der Waals surface area contributed by atoms with Crippen LogP contribution < -0.4 is 0 Å². The Hall–Kier alpha value is -2.96. The number of likely N-dealkylation sites (tertiary alicyclic amines) is 1. The SMILES string of the molecule is O=C(c1cc(C2CC2)[nH]n1)N1CCC2(CC=CCN(Cc3ccc(F)cc3)C2=O)CC1. The van der Waals surface area contributed by atoms with E-state index in [1.54, 1.807) is 12.1 Å². The Labute approximate surface area is 181 Å². The first kappa shape index (κ1) is 20.0. The van der Waals surface area contributed by atoms with Gasteiger partial charge in [0.2, 0.25) is 5.91 Å². The van der Waals surface area contributed by atoms with Crippen LogP contribution in [-0.4, -0.2) is 51.4 Å². The topological polar surface area (TPSA) is 69.3 Å². The van der Waals surface area contributed by atoms with Crippen molar-refractivity contribution in [3.8, 4) is 0 Å². The smallest absolute Gasteiger partial charge is 0.274 e. The number of carbonyl (C=O) groups is 2. The van der Waals surface area contributed by atoms with E-state index in [9.17, 15) is 14.0 Å². The van der Waals surface area contributed by atoms with Gasteiger partial charge in [0.15, 0.2) is 0 Å². The predicted octanol–water partition coefficient (Wildman–Crippen LogP) is 3.64. The number of aromatic amines is 1. The first-order valence-corrected chi connectivity index (χ1v) is 11.1. The van der Waals surface area contributed by atoms with Crippen molar-refractivity contribution >= 4 is 11.8 Å². The number of hydrogen-bond donors (Lipinski definition) is 1. The van der Waals surface area contributed by atoms with Crippen molar-refractivity contribution in [3.63, 3.8) is 0 Å². The second-order valence-electron chi connectivity index (χ2n) is 9.04. The van der Waals surface area contributed by atoms with Crippen molar-refractivity contribution in [2.24, 2.45) is 5.41 Å². The molecule has 0 atom stereocenters. The number of amides is 2. The Morgan fingerprint density at radius 1 is 1.16 bits per heavy atom. The van der Waals surface area contributed by atoms with Crippen LogP contribution in [0.1, 0.15) is 59.8 Å². The fraction of sp³-hybridized carbons (Fsp3) is 0.458. The number of benzene rings is 1. The van der Waals surface area contributed by atoms with E-state index in [-0.39, 0.29) is 17.6 Å². The van der Waals surface area contributed by atoms with Gasteiger partial charge in [-0.25, -0.2) is 4.39 Å². The molecule has 2 aliphatic heterocycles. The van der Waals surface area contributed by atoms with Gasteiger partial charge in [0.1, 0.15) is 11.5 Å². The highest BCUT2D eigenvalue weighted by Gasteiger charge is 2.44. The minimum absolute atomic E-state index is 0.0576. The Morgan fingerprint density at radius 3 is 2.61 bits per heavy atom. The monoisotopic (exact) mass is 422 g/mol. The highest BCUT2D eigenvalue weighted by Crippen LogP contribution is 2.41. The van der Waals surface area contributed by atoms with Crippen LogP contribution in [0.4, 0.5) is 4.39 Å². The number of nitrogens with one attached hydrogen (secondary N) is 1. The van der Waals surface area contributed by atoms with Crippen LogP contribution in [0.25, 0.3) is 0 Å². The van der Waals surface area contributed by atoms with Gasteiger partial charge in [0.05, 0.1) is 5.41 Å². The molecule has 1 spiro atoms. The van der Waals surface area contributed by atoms with Gasteiger partial charge in [-0.1, -0.05) is 24.3 Å². The van der Waals surface area contributed by atoms with Crippen molar-refractivity contribution in [2.45, 2.75) is 44.6 Å². The molecule has 1 aromatic carbocycles. The van der Waals surface area contributed by atoms with Crippen molar-refractivity contribution in [3.05, 3.63) is 65.3 Å². The van der Waals surface area contributed by atoms with E-state index in [0.717, 1.165) is 24.1 Å². The maximum absolute atomic E-state index is 13.5. The van der Waals surface area contributed by atoms with Gasteiger partial charge in [-0.2, -0.15) is 5.10 Å². The number of H-pyrrole nitrogens is 1. The van der Waals surface area contributed by atoms with Gasteiger partial charge in [-0.3, -0.25) is 14.7 Å². The predicted molar refractivity (Wildman–Crippen MR) is 114 cm³/mol. The second-order valence-corrected chi connectivity index (χ2v) is 9.04. The molecule has 1 aromatic heterocycles. The highest BCUT2D eigenvalue weighted by atomic mass is 19.1. The normalized spacial score (nSPS) is 20.9. The molecule has 0 radical (unpaired) electrons. The molecule has 2 aromatic rings. The Balaban J connectivity index is 1.26. The molecular weight excluding hydrogens is 395 g/mol. The zero-order valence-corrected chi connectivity index (χ0v) is 17.5. The largest absolute Gasteiger partial charge is 0.337 e. The first-order valence-electron chi connectivity index (χ1n) is 11.1. The lowest BCUT2D eigenvalue weighted by Gasteiger charge is -2.41. The molecule has 162 valence electrons. The summed E-state index contributed by atoms with van der Waals surface area (Å²) in [6, 6.07) is 8.19. The van der Waals surface area contributed by atoms with Crippen LogP contribution >= 0.6 is 0 Å². The summed E-state index contributed by atoms with van der Waals surface area (Å²) in [4.78, 5) is 30.1. The van der Waals surface area contributed by atoms with Crippen LogP contribution in [0.3, 0.4) is 0 Å². The molecule has 3 aliphatic rings. The third kappa shape index (κ3) is 4.01. The minimum Gasteiger partial charge on any atom is -0.337 e. The molecule has 1 saturated heterocycles. The molecule has 1 N–H and O–H groups in total. The highest BCUT2D eigenvalue weighted by molar-refractivity contribution is 5.93. The number of rotatable bonds is 4. The number of halogens is 1. The molecule has 3 heterocycles. The zero-order chi connectivity index (χ0) is 21.4. The Morgan fingerprint density at radius 2 is 1.90 bits per heavy atom. The summed E-state index contributed by atoms with van der Waals surface area (Å²) in [5, 5.41) is 7.22. The van der Waals surface area contributed by atoms with Crippen molar-refractivity contribution in [2.75, 3.05) is 19.6 Å². The molecule has 6 nitrogen and oxygen atoms in total. The third-order valence-corrected chi connectivity index (χ3v) is 6.87. The van der Waals surface area contributed by atoms with Crippen LogP contribution in [0, 0.1) is 11.2 Å². The Bertz CT molecular complexity index is 1000. The van der Waals surface area contributed by atoms with Gasteiger partial charge in [-0.15, -0.1) is 0 Å². The molecule has 2 amide bonds. The van der Waals surface area contributed by atoms with Gasteiger partial charge >= 0.3 is 0 Å². The molecule has 5 rings (SSSR count). The summed E-state index contributed by atoms with van der Waals surface area (Å²) in [6.07, 6.45) is 8.43. The van der Waals surface area contributed by atoms with Gasteiger partial charge in [0, 0.05) is 37.8 Å². The second kappa shape index (κ2) is 7.94.